The molecule has 0 rings (SSSR count). The monoisotopic (exact) mass is 252 g/mol. The zero-order valence-electron chi connectivity index (χ0n) is 9.69. The first-order valence-electron chi connectivity index (χ1n) is 5.29. The summed E-state index contributed by atoms with van der Waals surface area (Å²) in [4.78, 5) is 11.2. The van der Waals surface area contributed by atoms with Crippen LogP contribution in [0.1, 0.15) is 26.7 Å². The lowest BCUT2D eigenvalue weighted by molar-refractivity contribution is -0.121. The molecule has 1 atom stereocenters. The van der Waals surface area contributed by atoms with Gasteiger partial charge in [0.05, 0.1) is 11.9 Å². The molecule has 1 amide bonds. The smallest absolute Gasteiger partial charge is 0.220 e. The van der Waals surface area contributed by atoms with E-state index in [2.05, 4.69) is 10.0 Å². The van der Waals surface area contributed by atoms with Crippen molar-refractivity contribution in [1.29, 1.82) is 0 Å². The Labute approximate surface area is 96.5 Å². The number of carbonyl (C=O) groups is 1. The van der Waals surface area contributed by atoms with Crippen molar-refractivity contribution < 1.29 is 18.3 Å². The maximum absolute atomic E-state index is 11.2. The van der Waals surface area contributed by atoms with Crippen LogP contribution in [0.15, 0.2) is 0 Å². The zero-order chi connectivity index (χ0) is 12.6. The number of sulfonamides is 1. The lowest BCUT2D eigenvalue weighted by Crippen LogP contribution is -2.34. The van der Waals surface area contributed by atoms with E-state index in [9.17, 15) is 13.2 Å². The number of amides is 1. The normalized spacial score (nSPS) is 13.4. The molecule has 0 aromatic rings. The van der Waals surface area contributed by atoms with Gasteiger partial charge >= 0.3 is 0 Å². The van der Waals surface area contributed by atoms with Gasteiger partial charge in [-0.3, -0.25) is 4.79 Å². The van der Waals surface area contributed by atoms with Crippen LogP contribution in [0.5, 0.6) is 0 Å². The number of aliphatic hydroxyl groups excluding tert-OH is 1. The largest absolute Gasteiger partial charge is 0.393 e. The van der Waals surface area contributed by atoms with Gasteiger partial charge in [-0.1, -0.05) is 6.92 Å². The summed E-state index contributed by atoms with van der Waals surface area (Å²) >= 11 is 0. The second-order valence-electron chi connectivity index (χ2n) is 3.55. The highest BCUT2D eigenvalue weighted by molar-refractivity contribution is 7.89. The molecule has 0 bridgehead atoms. The average molecular weight is 252 g/mol. The predicted octanol–water partition coefficient (Wildman–Crippen LogP) is -0.797. The fourth-order valence-corrected chi connectivity index (χ4v) is 2.00. The number of nitrogens with one attached hydrogen (secondary N) is 2. The Morgan fingerprint density at radius 1 is 1.44 bits per heavy atom. The van der Waals surface area contributed by atoms with Crippen molar-refractivity contribution in [3.63, 3.8) is 0 Å². The summed E-state index contributed by atoms with van der Waals surface area (Å²) in [5, 5.41) is 11.4. The van der Waals surface area contributed by atoms with Gasteiger partial charge in [0, 0.05) is 19.5 Å². The topological polar surface area (TPSA) is 95.5 Å². The second-order valence-corrected chi connectivity index (χ2v) is 5.48. The standard InChI is InChI=1S/C9H20N2O4S/c1-3-11-16(14,15)7-6-10-9(13)5-4-8(2)12/h8,11-12H,3-7H2,1-2H3,(H,10,13). The van der Waals surface area contributed by atoms with Crippen LogP contribution < -0.4 is 10.0 Å². The maximum atomic E-state index is 11.2. The van der Waals surface area contributed by atoms with E-state index in [0.29, 0.717) is 13.0 Å². The van der Waals surface area contributed by atoms with Gasteiger partial charge in [0.25, 0.3) is 0 Å². The molecule has 0 aliphatic heterocycles. The summed E-state index contributed by atoms with van der Waals surface area (Å²) in [6.07, 6.45) is 0.0706. The number of carbonyl (C=O) groups excluding carboxylic acids is 1. The minimum absolute atomic E-state index is 0.0912. The van der Waals surface area contributed by atoms with Crippen LogP contribution in [-0.2, 0) is 14.8 Å². The third-order valence-corrected chi connectivity index (χ3v) is 3.32. The number of hydrogen-bond acceptors (Lipinski definition) is 4. The van der Waals surface area contributed by atoms with Gasteiger partial charge in [0.15, 0.2) is 0 Å². The van der Waals surface area contributed by atoms with Crippen molar-refractivity contribution in [3.05, 3.63) is 0 Å². The summed E-state index contributed by atoms with van der Waals surface area (Å²) in [6.45, 7) is 3.73. The molecular weight excluding hydrogens is 232 g/mol. The van der Waals surface area contributed by atoms with Gasteiger partial charge in [-0.25, -0.2) is 13.1 Å². The number of aliphatic hydroxyl groups is 1. The summed E-state index contributed by atoms with van der Waals surface area (Å²) in [7, 11) is -3.27. The van der Waals surface area contributed by atoms with Crippen LogP contribution in [-0.4, -0.2) is 44.4 Å². The van der Waals surface area contributed by atoms with E-state index >= 15 is 0 Å². The molecule has 0 fully saturated rings. The molecule has 0 aliphatic carbocycles. The molecular formula is C9H20N2O4S. The molecule has 6 nitrogen and oxygen atoms in total. The van der Waals surface area contributed by atoms with Gasteiger partial charge < -0.3 is 10.4 Å². The van der Waals surface area contributed by atoms with E-state index in [4.69, 9.17) is 5.11 Å². The highest BCUT2D eigenvalue weighted by atomic mass is 32.2. The minimum atomic E-state index is -3.27. The Balaban J connectivity index is 3.70. The molecule has 0 aliphatic rings. The highest BCUT2D eigenvalue weighted by Crippen LogP contribution is 1.94. The van der Waals surface area contributed by atoms with Crippen molar-refractivity contribution in [2.75, 3.05) is 18.8 Å². The molecule has 0 radical (unpaired) electrons. The van der Waals surface area contributed by atoms with E-state index in [-0.39, 0.29) is 24.6 Å². The van der Waals surface area contributed by atoms with Crippen molar-refractivity contribution >= 4 is 15.9 Å². The molecule has 0 saturated heterocycles. The van der Waals surface area contributed by atoms with Gasteiger partial charge in [-0.2, -0.15) is 0 Å². The van der Waals surface area contributed by atoms with Crippen LogP contribution in [0.2, 0.25) is 0 Å². The lowest BCUT2D eigenvalue weighted by atomic mass is 10.2. The van der Waals surface area contributed by atoms with Gasteiger partial charge in [0.2, 0.25) is 15.9 Å². The van der Waals surface area contributed by atoms with E-state index in [0.717, 1.165) is 0 Å². The van der Waals surface area contributed by atoms with Gasteiger partial charge in [-0.05, 0) is 13.3 Å². The van der Waals surface area contributed by atoms with Crippen LogP contribution in [0, 0.1) is 0 Å². The molecule has 0 saturated carbocycles. The highest BCUT2D eigenvalue weighted by Gasteiger charge is 2.09. The molecule has 96 valence electrons. The Hall–Kier alpha value is -0.660. The van der Waals surface area contributed by atoms with Gasteiger partial charge in [0.1, 0.15) is 0 Å². The molecule has 16 heavy (non-hydrogen) atoms. The third-order valence-electron chi connectivity index (χ3n) is 1.85. The average Bonchev–Trinajstić information content (AvgIpc) is 2.14. The maximum Gasteiger partial charge on any atom is 0.220 e. The summed E-state index contributed by atoms with van der Waals surface area (Å²) in [5.41, 5.74) is 0. The molecule has 0 aromatic heterocycles. The second kappa shape index (κ2) is 7.59. The van der Waals surface area contributed by atoms with Crippen molar-refractivity contribution in [1.82, 2.24) is 10.0 Å². The SMILES string of the molecule is CCNS(=O)(=O)CCNC(=O)CCC(C)O. The summed E-state index contributed by atoms with van der Waals surface area (Å²) < 4.78 is 24.7. The van der Waals surface area contributed by atoms with E-state index in [1.165, 1.54) is 0 Å². The molecule has 0 aromatic carbocycles. The van der Waals surface area contributed by atoms with Crippen LogP contribution in [0.3, 0.4) is 0 Å². The van der Waals surface area contributed by atoms with Gasteiger partial charge in [-0.15, -0.1) is 0 Å². The molecule has 3 N–H and O–H groups in total. The molecule has 1 unspecified atom stereocenters. The Bertz CT molecular complexity index is 301. The fourth-order valence-electron chi connectivity index (χ4n) is 1.05. The number of hydrogen-bond donors (Lipinski definition) is 3. The minimum Gasteiger partial charge on any atom is -0.393 e. The summed E-state index contributed by atoms with van der Waals surface area (Å²) in [6, 6.07) is 0. The first-order chi connectivity index (χ1) is 7.37. The van der Waals surface area contributed by atoms with Crippen molar-refractivity contribution in [2.24, 2.45) is 0 Å². The van der Waals surface area contributed by atoms with Crippen molar-refractivity contribution in [3.8, 4) is 0 Å². The van der Waals surface area contributed by atoms with Crippen molar-refractivity contribution in [2.45, 2.75) is 32.8 Å². The van der Waals surface area contributed by atoms with E-state index in [1.807, 2.05) is 0 Å². The predicted molar refractivity (Wildman–Crippen MR) is 61.4 cm³/mol. The first kappa shape index (κ1) is 15.3. The van der Waals surface area contributed by atoms with Crippen LogP contribution >= 0.6 is 0 Å². The third kappa shape index (κ3) is 8.63. The molecule has 7 heteroatoms. The fraction of sp³-hybridized carbons (Fsp3) is 0.889. The zero-order valence-corrected chi connectivity index (χ0v) is 10.5. The van der Waals surface area contributed by atoms with E-state index < -0.39 is 16.1 Å². The Morgan fingerprint density at radius 3 is 2.56 bits per heavy atom. The quantitative estimate of drug-likeness (QED) is 0.527. The van der Waals surface area contributed by atoms with Crippen LogP contribution in [0.25, 0.3) is 0 Å². The summed E-state index contributed by atoms with van der Waals surface area (Å²) in [5.74, 6) is -0.367. The first-order valence-corrected chi connectivity index (χ1v) is 6.94. The molecule has 0 heterocycles. The van der Waals surface area contributed by atoms with Crippen LogP contribution in [0.4, 0.5) is 0 Å². The van der Waals surface area contributed by atoms with E-state index in [1.54, 1.807) is 13.8 Å². The number of rotatable bonds is 8. The Morgan fingerprint density at radius 2 is 2.06 bits per heavy atom. The Kier molecular flexibility index (Phi) is 7.27. The lowest BCUT2D eigenvalue weighted by Gasteiger charge is -2.07. The molecule has 0 spiro atoms.